The van der Waals surface area contributed by atoms with Gasteiger partial charge in [-0.3, -0.25) is 9.80 Å². The summed E-state index contributed by atoms with van der Waals surface area (Å²) in [5.41, 5.74) is 0. The van der Waals surface area contributed by atoms with Crippen LogP contribution in [0.4, 0.5) is 0 Å². The molecule has 0 N–H and O–H groups in total. The van der Waals surface area contributed by atoms with Gasteiger partial charge >= 0.3 is 0 Å². The van der Waals surface area contributed by atoms with Gasteiger partial charge in [0.05, 0.1) is 0 Å². The maximum absolute atomic E-state index is 2.67. The largest absolute Gasteiger partial charge is 0.298 e. The van der Waals surface area contributed by atoms with Gasteiger partial charge in [0, 0.05) is 24.2 Å². The summed E-state index contributed by atoms with van der Waals surface area (Å²) in [6.07, 6.45) is 8.51. The van der Waals surface area contributed by atoms with Crippen molar-refractivity contribution in [3.63, 3.8) is 0 Å². The van der Waals surface area contributed by atoms with Crippen molar-refractivity contribution in [1.82, 2.24) is 9.80 Å². The van der Waals surface area contributed by atoms with E-state index in [4.69, 9.17) is 0 Å². The highest BCUT2D eigenvalue weighted by Gasteiger charge is 2.27. The highest BCUT2D eigenvalue weighted by molar-refractivity contribution is 4.82. The number of piperidine rings is 2. The molecule has 2 aliphatic heterocycles. The molecule has 0 aromatic carbocycles. The minimum atomic E-state index is 0.734. The fourth-order valence-corrected chi connectivity index (χ4v) is 4.67. The second-order valence-electron chi connectivity index (χ2n) is 9.28. The molecular formula is C26H58N2. The molecule has 2 atom stereocenters. The molecule has 2 fully saturated rings. The third kappa shape index (κ3) is 11.2. The molecule has 0 aliphatic carbocycles. The van der Waals surface area contributed by atoms with Crippen molar-refractivity contribution in [3.8, 4) is 0 Å². The molecule has 0 spiro atoms. The lowest BCUT2D eigenvalue weighted by Crippen LogP contribution is -2.46. The average Bonchev–Trinajstić information content (AvgIpc) is 2.71. The molecule has 0 bridgehead atoms. The zero-order valence-corrected chi connectivity index (χ0v) is 22.0. The van der Waals surface area contributed by atoms with Gasteiger partial charge in [0.1, 0.15) is 0 Å². The Kier molecular flexibility index (Phi) is 19.1. The van der Waals surface area contributed by atoms with Crippen LogP contribution in [0.15, 0.2) is 0 Å². The Morgan fingerprint density at radius 2 is 0.786 bits per heavy atom. The highest BCUT2D eigenvalue weighted by atomic mass is 15.2. The predicted molar refractivity (Wildman–Crippen MR) is 131 cm³/mol. The molecule has 2 nitrogen and oxygen atoms in total. The van der Waals surface area contributed by atoms with E-state index >= 15 is 0 Å². The van der Waals surface area contributed by atoms with E-state index in [-0.39, 0.29) is 0 Å². The van der Waals surface area contributed by atoms with Gasteiger partial charge in [-0.1, -0.05) is 68.2 Å². The van der Waals surface area contributed by atoms with Crippen LogP contribution in [0.1, 0.15) is 122 Å². The molecule has 2 saturated heterocycles. The van der Waals surface area contributed by atoms with Crippen molar-refractivity contribution in [2.75, 3.05) is 13.1 Å². The molecule has 2 heterocycles. The third-order valence-corrected chi connectivity index (χ3v) is 6.05. The smallest absolute Gasteiger partial charge is 0.0121 e. The second-order valence-corrected chi connectivity index (χ2v) is 9.28. The Balaban J connectivity index is 0. The lowest BCUT2D eigenvalue weighted by molar-refractivity contribution is 0.0807. The van der Waals surface area contributed by atoms with Crippen molar-refractivity contribution in [1.29, 1.82) is 0 Å². The van der Waals surface area contributed by atoms with Gasteiger partial charge in [-0.15, -0.1) is 0 Å². The normalized spacial score (nSPS) is 23.6. The van der Waals surface area contributed by atoms with E-state index in [1.165, 1.54) is 51.6 Å². The summed E-state index contributed by atoms with van der Waals surface area (Å²) in [5, 5.41) is 0. The molecule has 2 unspecified atom stereocenters. The van der Waals surface area contributed by atoms with E-state index in [1.807, 2.05) is 27.7 Å². The Labute approximate surface area is 180 Å². The number of likely N-dealkylation sites (tertiary alicyclic amines) is 2. The maximum atomic E-state index is 2.67. The van der Waals surface area contributed by atoms with Crippen LogP contribution in [0.25, 0.3) is 0 Å². The fourth-order valence-electron chi connectivity index (χ4n) is 4.67. The van der Waals surface area contributed by atoms with Crippen molar-refractivity contribution < 1.29 is 0 Å². The van der Waals surface area contributed by atoms with E-state index in [0.717, 1.165) is 36.0 Å². The molecule has 0 amide bonds. The van der Waals surface area contributed by atoms with E-state index in [2.05, 4.69) is 65.2 Å². The van der Waals surface area contributed by atoms with Crippen LogP contribution in [0.3, 0.4) is 0 Å². The van der Waals surface area contributed by atoms with Crippen LogP contribution in [0, 0.1) is 11.8 Å². The first-order chi connectivity index (χ1) is 13.3. The summed E-state index contributed by atoms with van der Waals surface area (Å²) in [6, 6.07) is 3.16. The monoisotopic (exact) mass is 398 g/mol. The highest BCUT2D eigenvalue weighted by Crippen LogP contribution is 2.25. The van der Waals surface area contributed by atoms with Gasteiger partial charge in [0.2, 0.25) is 0 Å². The van der Waals surface area contributed by atoms with Crippen molar-refractivity contribution in [2.24, 2.45) is 11.8 Å². The predicted octanol–water partition coefficient (Wildman–Crippen LogP) is 7.86. The third-order valence-electron chi connectivity index (χ3n) is 6.05. The summed E-state index contributed by atoms with van der Waals surface area (Å²) < 4.78 is 0. The van der Waals surface area contributed by atoms with Crippen LogP contribution in [-0.4, -0.2) is 47.1 Å². The van der Waals surface area contributed by atoms with Gasteiger partial charge in [0.25, 0.3) is 0 Å². The van der Waals surface area contributed by atoms with E-state index in [0.29, 0.717) is 0 Å². The molecule has 0 aromatic rings. The summed E-state index contributed by atoms with van der Waals surface area (Å²) in [4.78, 5) is 5.35. The van der Waals surface area contributed by atoms with E-state index < -0.39 is 0 Å². The molecule has 0 radical (unpaired) electrons. The first-order valence-corrected chi connectivity index (χ1v) is 12.8. The Morgan fingerprint density at radius 1 is 0.500 bits per heavy atom. The topological polar surface area (TPSA) is 6.48 Å². The van der Waals surface area contributed by atoms with Crippen molar-refractivity contribution in [2.45, 2.75) is 146 Å². The maximum Gasteiger partial charge on any atom is 0.0121 e. The first kappa shape index (κ1) is 30.1. The van der Waals surface area contributed by atoms with Gasteiger partial charge in [-0.2, -0.15) is 0 Å². The van der Waals surface area contributed by atoms with Crippen LogP contribution in [0.2, 0.25) is 0 Å². The summed E-state index contributed by atoms with van der Waals surface area (Å²) in [5.74, 6) is 1.65. The zero-order valence-electron chi connectivity index (χ0n) is 22.0. The molecule has 2 aliphatic rings. The lowest BCUT2D eigenvalue weighted by Gasteiger charge is -2.40. The first-order valence-electron chi connectivity index (χ1n) is 12.8. The van der Waals surface area contributed by atoms with Crippen LogP contribution in [0.5, 0.6) is 0 Å². The SMILES string of the molecule is CC.CC.CC(C)C1CCCCN1C(C)C.CC(C)C1CCCCN1C(C)C. The minimum absolute atomic E-state index is 0.734. The summed E-state index contributed by atoms with van der Waals surface area (Å²) in [7, 11) is 0. The van der Waals surface area contributed by atoms with Crippen LogP contribution < -0.4 is 0 Å². The Bertz CT molecular complexity index is 258. The van der Waals surface area contributed by atoms with E-state index in [9.17, 15) is 0 Å². The summed E-state index contributed by atoms with van der Waals surface area (Å²) >= 11 is 0. The zero-order chi connectivity index (χ0) is 22.3. The van der Waals surface area contributed by atoms with Crippen molar-refractivity contribution in [3.05, 3.63) is 0 Å². The molecule has 172 valence electrons. The standard InChI is InChI=1S/2C11H23N.2C2H6/c2*1-9(2)11-7-5-6-8-12(11)10(3)4;2*1-2/h2*9-11H,5-8H2,1-4H3;2*1-2H3. The van der Waals surface area contributed by atoms with Gasteiger partial charge in [-0.25, -0.2) is 0 Å². The average molecular weight is 399 g/mol. The molecule has 0 aromatic heterocycles. The fraction of sp³-hybridized carbons (Fsp3) is 1.00. The Morgan fingerprint density at radius 3 is 0.964 bits per heavy atom. The lowest BCUT2D eigenvalue weighted by atomic mass is 9.92. The van der Waals surface area contributed by atoms with Gasteiger partial charge in [-0.05, 0) is 78.3 Å². The molecular weight excluding hydrogens is 340 g/mol. The van der Waals surface area contributed by atoms with Crippen LogP contribution >= 0.6 is 0 Å². The number of hydrogen-bond acceptors (Lipinski definition) is 2. The number of nitrogens with zero attached hydrogens (tertiary/aromatic N) is 2. The molecule has 0 saturated carbocycles. The Hall–Kier alpha value is -0.0800. The number of hydrogen-bond donors (Lipinski definition) is 0. The van der Waals surface area contributed by atoms with Crippen LogP contribution in [-0.2, 0) is 0 Å². The number of rotatable bonds is 4. The van der Waals surface area contributed by atoms with Gasteiger partial charge < -0.3 is 0 Å². The quantitative estimate of drug-likeness (QED) is 0.475. The second kappa shape index (κ2) is 17.8. The van der Waals surface area contributed by atoms with Gasteiger partial charge in [0.15, 0.2) is 0 Å². The van der Waals surface area contributed by atoms with E-state index in [1.54, 1.807) is 0 Å². The minimum Gasteiger partial charge on any atom is -0.298 e. The molecule has 2 rings (SSSR count). The molecule has 2 heteroatoms. The van der Waals surface area contributed by atoms with Crippen molar-refractivity contribution >= 4 is 0 Å². The molecule has 28 heavy (non-hydrogen) atoms. The summed E-state index contributed by atoms with van der Waals surface area (Å²) in [6.45, 7) is 29.3.